The van der Waals surface area contributed by atoms with Gasteiger partial charge in [-0.3, -0.25) is 19.2 Å². The lowest BCUT2D eigenvalue weighted by Gasteiger charge is -2.41. The summed E-state index contributed by atoms with van der Waals surface area (Å²) in [6.45, 7) is 7.65. The smallest absolute Gasteiger partial charge is 0.259 e. The summed E-state index contributed by atoms with van der Waals surface area (Å²) in [6.07, 6.45) is 5.59. The molecule has 2 aromatic carbocycles. The van der Waals surface area contributed by atoms with E-state index in [1.165, 1.54) is 36.8 Å². The zero-order chi connectivity index (χ0) is 22.2. The van der Waals surface area contributed by atoms with Crippen LogP contribution in [0.5, 0.6) is 0 Å². The van der Waals surface area contributed by atoms with Crippen molar-refractivity contribution in [3.8, 4) is 0 Å². The number of hydrogen-bond donors (Lipinski definition) is 0. The molecule has 0 amide bonds. The molecule has 1 aliphatic carbocycles. The molecule has 0 bridgehead atoms. The fourth-order valence-electron chi connectivity index (χ4n) is 5.09. The largest absolute Gasteiger partial charge is 0.298 e. The SMILES string of the molecule is Cc1ccc(N2CN(C3CCCC3)Cn3c2nc(C)c(Cc2ccccc2)c3=O)cc1C. The van der Waals surface area contributed by atoms with E-state index in [-0.39, 0.29) is 5.56 Å². The average molecular weight is 429 g/mol. The third-order valence-electron chi connectivity index (χ3n) is 7.20. The molecule has 1 fully saturated rings. The lowest BCUT2D eigenvalue weighted by atomic mass is 10.0. The van der Waals surface area contributed by atoms with Crippen LogP contribution < -0.4 is 10.5 Å². The Labute approximate surface area is 190 Å². The number of aryl methyl sites for hydroxylation is 3. The van der Waals surface area contributed by atoms with Crippen LogP contribution in [0.25, 0.3) is 0 Å². The summed E-state index contributed by atoms with van der Waals surface area (Å²) in [4.78, 5) is 23.5. The van der Waals surface area contributed by atoms with E-state index in [4.69, 9.17) is 4.98 Å². The summed E-state index contributed by atoms with van der Waals surface area (Å²) < 4.78 is 1.91. The molecule has 0 atom stereocenters. The van der Waals surface area contributed by atoms with Crippen molar-refractivity contribution in [2.45, 2.75) is 65.6 Å². The predicted molar refractivity (Wildman–Crippen MR) is 129 cm³/mol. The van der Waals surface area contributed by atoms with Gasteiger partial charge in [-0.15, -0.1) is 0 Å². The fraction of sp³-hybridized carbons (Fsp3) is 0.407. The topological polar surface area (TPSA) is 41.4 Å². The van der Waals surface area contributed by atoms with E-state index in [0.717, 1.165) is 35.1 Å². The molecule has 166 valence electrons. The van der Waals surface area contributed by atoms with Gasteiger partial charge < -0.3 is 0 Å². The molecule has 0 saturated heterocycles. The van der Waals surface area contributed by atoms with E-state index in [0.29, 0.717) is 19.1 Å². The first kappa shape index (κ1) is 21.0. The van der Waals surface area contributed by atoms with Gasteiger partial charge in [-0.25, -0.2) is 4.98 Å². The van der Waals surface area contributed by atoms with E-state index >= 15 is 0 Å². The van der Waals surface area contributed by atoms with Crippen molar-refractivity contribution >= 4 is 11.6 Å². The van der Waals surface area contributed by atoms with Gasteiger partial charge in [-0.2, -0.15) is 0 Å². The second-order valence-electron chi connectivity index (χ2n) is 9.38. The van der Waals surface area contributed by atoms with Crippen molar-refractivity contribution in [1.29, 1.82) is 0 Å². The van der Waals surface area contributed by atoms with E-state index < -0.39 is 0 Å². The standard InChI is InChI=1S/C27H32N4O/c1-19-13-14-24(15-20(19)2)30-17-29(23-11-7-8-12-23)18-31-26(32)25(21(3)28-27(30)31)16-22-9-5-4-6-10-22/h4-6,9-10,13-15,23H,7-8,11-12,16-18H2,1-3H3. The molecule has 32 heavy (non-hydrogen) atoms. The first-order valence-corrected chi connectivity index (χ1v) is 11.7. The molecule has 5 rings (SSSR count). The van der Waals surface area contributed by atoms with Crippen LogP contribution in [-0.2, 0) is 13.1 Å². The zero-order valence-electron chi connectivity index (χ0n) is 19.3. The van der Waals surface area contributed by atoms with Crippen molar-refractivity contribution in [2.24, 2.45) is 0 Å². The molecule has 1 aromatic heterocycles. The average Bonchev–Trinajstić information content (AvgIpc) is 3.34. The third kappa shape index (κ3) is 3.86. The second-order valence-corrected chi connectivity index (χ2v) is 9.38. The molecule has 3 aromatic rings. The van der Waals surface area contributed by atoms with Gasteiger partial charge in [0, 0.05) is 23.7 Å². The maximum absolute atomic E-state index is 13.8. The summed E-state index contributed by atoms with van der Waals surface area (Å²) >= 11 is 0. The minimum atomic E-state index is 0.0906. The molecule has 0 radical (unpaired) electrons. The third-order valence-corrected chi connectivity index (χ3v) is 7.20. The maximum atomic E-state index is 13.8. The molecule has 0 spiro atoms. The van der Waals surface area contributed by atoms with E-state index in [2.05, 4.69) is 54.0 Å². The predicted octanol–water partition coefficient (Wildman–Crippen LogP) is 5.07. The van der Waals surface area contributed by atoms with Gasteiger partial charge in [0.1, 0.15) is 0 Å². The van der Waals surface area contributed by atoms with Crippen molar-refractivity contribution in [3.05, 3.63) is 86.8 Å². The number of nitrogens with zero attached hydrogens (tertiary/aromatic N) is 4. The molecule has 5 nitrogen and oxygen atoms in total. The summed E-state index contributed by atoms with van der Waals surface area (Å²) in [7, 11) is 0. The highest BCUT2D eigenvalue weighted by atomic mass is 16.1. The lowest BCUT2D eigenvalue weighted by molar-refractivity contribution is 0.138. The number of benzene rings is 2. The normalized spacial score (nSPS) is 17.0. The van der Waals surface area contributed by atoms with Gasteiger partial charge in [0.05, 0.1) is 19.0 Å². The zero-order valence-corrected chi connectivity index (χ0v) is 19.3. The van der Waals surface area contributed by atoms with Crippen LogP contribution >= 0.6 is 0 Å². The molecule has 0 N–H and O–H groups in total. The second kappa shape index (κ2) is 8.55. The van der Waals surface area contributed by atoms with Crippen molar-refractivity contribution in [1.82, 2.24) is 14.5 Å². The first-order chi connectivity index (χ1) is 15.5. The monoisotopic (exact) mass is 428 g/mol. The van der Waals surface area contributed by atoms with Gasteiger partial charge in [0.2, 0.25) is 5.95 Å². The summed E-state index contributed by atoms with van der Waals surface area (Å²) in [6, 6.07) is 17.3. The molecule has 2 aliphatic rings. The molecule has 5 heteroatoms. The van der Waals surface area contributed by atoms with Crippen molar-refractivity contribution in [3.63, 3.8) is 0 Å². The first-order valence-electron chi connectivity index (χ1n) is 11.7. The summed E-state index contributed by atoms with van der Waals surface area (Å²) in [5.41, 5.74) is 6.50. The molecular formula is C27H32N4O. The van der Waals surface area contributed by atoms with Gasteiger partial charge in [-0.05, 0) is 62.4 Å². The summed E-state index contributed by atoms with van der Waals surface area (Å²) in [5.74, 6) is 0.766. The van der Waals surface area contributed by atoms with Crippen LogP contribution in [0, 0.1) is 20.8 Å². The van der Waals surface area contributed by atoms with Crippen LogP contribution in [0.4, 0.5) is 11.6 Å². The van der Waals surface area contributed by atoms with Gasteiger partial charge in [-0.1, -0.05) is 49.2 Å². The molecular weight excluding hydrogens is 396 g/mol. The quantitative estimate of drug-likeness (QED) is 0.582. The number of hydrogen-bond acceptors (Lipinski definition) is 4. The maximum Gasteiger partial charge on any atom is 0.259 e. The molecule has 2 heterocycles. The van der Waals surface area contributed by atoms with Crippen LogP contribution in [0.3, 0.4) is 0 Å². The Morgan fingerprint density at radius 1 is 0.938 bits per heavy atom. The lowest BCUT2D eigenvalue weighted by Crippen LogP contribution is -2.51. The summed E-state index contributed by atoms with van der Waals surface area (Å²) in [5, 5.41) is 0. The van der Waals surface area contributed by atoms with E-state index in [9.17, 15) is 4.79 Å². The highest BCUT2D eigenvalue weighted by Crippen LogP contribution is 2.33. The fourth-order valence-corrected chi connectivity index (χ4v) is 5.09. The van der Waals surface area contributed by atoms with Gasteiger partial charge >= 0.3 is 0 Å². The number of rotatable bonds is 4. The van der Waals surface area contributed by atoms with Crippen LogP contribution in [0.2, 0.25) is 0 Å². The Morgan fingerprint density at radius 2 is 1.69 bits per heavy atom. The van der Waals surface area contributed by atoms with Crippen LogP contribution in [-0.4, -0.2) is 27.2 Å². The Kier molecular flexibility index (Phi) is 5.60. The molecule has 1 saturated carbocycles. The highest BCUT2D eigenvalue weighted by molar-refractivity contribution is 5.60. The van der Waals surface area contributed by atoms with Crippen LogP contribution in [0.15, 0.2) is 53.3 Å². The number of fused-ring (bicyclic) bond motifs is 1. The Bertz CT molecular complexity index is 1180. The van der Waals surface area contributed by atoms with E-state index in [1.807, 2.05) is 29.7 Å². The Morgan fingerprint density at radius 3 is 2.41 bits per heavy atom. The number of anilines is 2. The van der Waals surface area contributed by atoms with Crippen LogP contribution in [0.1, 0.15) is 53.6 Å². The minimum absolute atomic E-state index is 0.0906. The van der Waals surface area contributed by atoms with Gasteiger partial charge in [0.25, 0.3) is 5.56 Å². The van der Waals surface area contributed by atoms with Gasteiger partial charge in [0.15, 0.2) is 0 Å². The number of aromatic nitrogens is 2. The Balaban J connectivity index is 1.61. The van der Waals surface area contributed by atoms with Crippen molar-refractivity contribution < 1.29 is 0 Å². The molecule has 1 aliphatic heterocycles. The minimum Gasteiger partial charge on any atom is -0.298 e. The molecule has 0 unspecified atom stereocenters. The highest BCUT2D eigenvalue weighted by Gasteiger charge is 2.32. The Hall–Kier alpha value is -2.92. The van der Waals surface area contributed by atoms with Crippen molar-refractivity contribution in [2.75, 3.05) is 11.6 Å². The van der Waals surface area contributed by atoms with E-state index in [1.54, 1.807) is 0 Å².